The highest BCUT2D eigenvalue weighted by atomic mass is 32.2. The predicted octanol–water partition coefficient (Wildman–Crippen LogP) is 2.79. The highest BCUT2D eigenvalue weighted by molar-refractivity contribution is 7.89. The Bertz CT molecular complexity index is 871. The Hall–Kier alpha value is -1.93. The zero-order valence-corrected chi connectivity index (χ0v) is 18.9. The largest absolute Gasteiger partial charge is 0.449 e. The number of nitrogens with zero attached hydrogens (tertiary/aromatic N) is 1. The number of benzene rings is 1. The smallest absolute Gasteiger partial charge is 0.338 e. The zero-order chi connectivity index (χ0) is 21.9. The van der Waals surface area contributed by atoms with E-state index >= 15 is 0 Å². The number of rotatable bonds is 6. The van der Waals surface area contributed by atoms with Crippen molar-refractivity contribution in [2.75, 3.05) is 13.1 Å². The molecule has 1 atom stereocenters. The molecule has 0 aromatic heterocycles. The SMILES string of the molecule is Cc1cc(C(=O)OC(C)C(=O)NC(C)C)cc(S(=O)(=O)N2CCC(C)CC2)c1C. The number of piperidine rings is 1. The van der Waals surface area contributed by atoms with Crippen molar-refractivity contribution in [2.24, 2.45) is 5.92 Å². The highest BCUT2D eigenvalue weighted by Gasteiger charge is 2.31. The van der Waals surface area contributed by atoms with E-state index < -0.39 is 28.0 Å². The van der Waals surface area contributed by atoms with Gasteiger partial charge in [0.25, 0.3) is 5.91 Å². The Balaban J connectivity index is 2.29. The molecular weight excluding hydrogens is 392 g/mol. The van der Waals surface area contributed by atoms with Crippen LogP contribution in [0.15, 0.2) is 17.0 Å². The van der Waals surface area contributed by atoms with Gasteiger partial charge in [0.05, 0.1) is 10.5 Å². The number of ether oxygens (including phenoxy) is 1. The summed E-state index contributed by atoms with van der Waals surface area (Å²) in [7, 11) is -3.71. The monoisotopic (exact) mass is 424 g/mol. The van der Waals surface area contributed by atoms with Gasteiger partial charge in [-0.3, -0.25) is 4.79 Å². The van der Waals surface area contributed by atoms with Crippen molar-refractivity contribution in [3.63, 3.8) is 0 Å². The van der Waals surface area contributed by atoms with E-state index in [9.17, 15) is 18.0 Å². The summed E-state index contributed by atoms with van der Waals surface area (Å²) in [5, 5.41) is 2.68. The maximum Gasteiger partial charge on any atom is 0.338 e. The zero-order valence-electron chi connectivity index (χ0n) is 18.1. The minimum Gasteiger partial charge on any atom is -0.449 e. The normalized spacial score (nSPS) is 17.2. The highest BCUT2D eigenvalue weighted by Crippen LogP contribution is 2.28. The van der Waals surface area contributed by atoms with Gasteiger partial charge in [0, 0.05) is 19.1 Å². The molecule has 1 fully saturated rings. The number of carbonyl (C=O) groups excluding carboxylic acids is 2. The summed E-state index contributed by atoms with van der Waals surface area (Å²) in [5.74, 6) is -0.611. The molecule has 1 aromatic rings. The van der Waals surface area contributed by atoms with E-state index in [1.807, 2.05) is 13.8 Å². The van der Waals surface area contributed by atoms with Gasteiger partial charge in [-0.25, -0.2) is 13.2 Å². The molecule has 0 radical (unpaired) electrons. The van der Waals surface area contributed by atoms with E-state index in [0.717, 1.165) is 12.8 Å². The van der Waals surface area contributed by atoms with Gasteiger partial charge in [-0.05, 0) is 76.6 Å². The third-order valence-electron chi connectivity index (χ3n) is 5.30. The van der Waals surface area contributed by atoms with Gasteiger partial charge in [0.15, 0.2) is 6.10 Å². The fourth-order valence-electron chi connectivity index (χ4n) is 3.26. The van der Waals surface area contributed by atoms with E-state index in [1.165, 1.54) is 17.3 Å². The van der Waals surface area contributed by atoms with Gasteiger partial charge in [0.1, 0.15) is 0 Å². The molecular formula is C21H32N2O5S. The Labute approximate surface area is 173 Å². The lowest BCUT2D eigenvalue weighted by Crippen LogP contribution is -2.39. The molecule has 1 unspecified atom stereocenters. The predicted molar refractivity (Wildman–Crippen MR) is 111 cm³/mol. The molecule has 2 rings (SSSR count). The lowest BCUT2D eigenvalue weighted by molar-refractivity contribution is -0.129. The Kier molecular flexibility index (Phi) is 7.45. The van der Waals surface area contributed by atoms with Crippen LogP contribution >= 0.6 is 0 Å². The van der Waals surface area contributed by atoms with Crippen molar-refractivity contribution >= 4 is 21.9 Å². The lowest BCUT2D eigenvalue weighted by atomic mass is 10.0. The van der Waals surface area contributed by atoms with Crippen LogP contribution in [0.1, 0.15) is 62.0 Å². The summed E-state index contributed by atoms with van der Waals surface area (Å²) in [6.07, 6.45) is 0.665. The number of amides is 1. The number of aryl methyl sites for hydroxylation is 1. The van der Waals surface area contributed by atoms with Crippen molar-refractivity contribution in [1.29, 1.82) is 0 Å². The Morgan fingerprint density at radius 3 is 2.28 bits per heavy atom. The second-order valence-corrected chi connectivity index (χ2v) is 10.1. The second kappa shape index (κ2) is 9.26. The average molecular weight is 425 g/mol. The van der Waals surface area contributed by atoms with Crippen LogP contribution in [0.5, 0.6) is 0 Å². The average Bonchev–Trinajstić information content (AvgIpc) is 2.63. The number of hydrogen-bond acceptors (Lipinski definition) is 5. The molecule has 1 heterocycles. The lowest BCUT2D eigenvalue weighted by Gasteiger charge is -2.30. The maximum absolute atomic E-state index is 13.2. The van der Waals surface area contributed by atoms with Crippen LogP contribution in [0.3, 0.4) is 0 Å². The molecule has 8 heteroatoms. The van der Waals surface area contributed by atoms with Crippen LogP contribution in [0.4, 0.5) is 0 Å². The summed E-state index contributed by atoms with van der Waals surface area (Å²) in [4.78, 5) is 24.7. The second-order valence-electron chi connectivity index (χ2n) is 8.21. The van der Waals surface area contributed by atoms with E-state index in [-0.39, 0.29) is 16.5 Å². The van der Waals surface area contributed by atoms with Crippen molar-refractivity contribution < 1.29 is 22.7 Å². The van der Waals surface area contributed by atoms with Gasteiger partial charge in [-0.2, -0.15) is 4.31 Å². The molecule has 162 valence electrons. The summed E-state index contributed by atoms with van der Waals surface area (Å²) < 4.78 is 33.2. The number of carbonyl (C=O) groups is 2. The molecule has 1 aliphatic rings. The van der Waals surface area contributed by atoms with Crippen LogP contribution in [0, 0.1) is 19.8 Å². The summed E-state index contributed by atoms with van der Waals surface area (Å²) in [5.41, 5.74) is 1.43. The van der Waals surface area contributed by atoms with Gasteiger partial charge >= 0.3 is 5.97 Å². The summed E-state index contributed by atoms with van der Waals surface area (Å²) in [6.45, 7) is 11.7. The van der Waals surface area contributed by atoms with Crippen molar-refractivity contribution in [3.8, 4) is 0 Å². The van der Waals surface area contributed by atoms with Crippen LogP contribution in [0.25, 0.3) is 0 Å². The standard InChI is InChI=1S/C21H32N2O5S/c1-13(2)22-20(24)17(6)28-21(25)18-11-15(4)16(5)19(12-18)29(26,27)23-9-7-14(3)8-10-23/h11-14,17H,7-10H2,1-6H3,(H,22,24). The number of esters is 1. The van der Waals surface area contributed by atoms with Gasteiger partial charge in [-0.1, -0.05) is 6.92 Å². The molecule has 1 N–H and O–H groups in total. The fraction of sp³-hybridized carbons (Fsp3) is 0.619. The summed E-state index contributed by atoms with van der Waals surface area (Å²) >= 11 is 0. The Morgan fingerprint density at radius 1 is 1.14 bits per heavy atom. The molecule has 7 nitrogen and oxygen atoms in total. The minimum absolute atomic E-state index is 0.0747. The number of hydrogen-bond donors (Lipinski definition) is 1. The van der Waals surface area contributed by atoms with Gasteiger partial charge in [0.2, 0.25) is 10.0 Å². The summed E-state index contributed by atoms with van der Waals surface area (Å²) in [6, 6.07) is 2.89. The first kappa shape index (κ1) is 23.3. The van der Waals surface area contributed by atoms with Gasteiger partial charge in [-0.15, -0.1) is 0 Å². The topological polar surface area (TPSA) is 92.8 Å². The molecule has 1 aromatic carbocycles. The van der Waals surface area contributed by atoms with E-state index in [2.05, 4.69) is 12.2 Å². The third kappa shape index (κ3) is 5.57. The van der Waals surface area contributed by atoms with E-state index in [4.69, 9.17) is 4.74 Å². The van der Waals surface area contributed by atoms with E-state index in [1.54, 1.807) is 19.9 Å². The molecule has 1 amide bonds. The first-order chi connectivity index (χ1) is 13.4. The molecule has 0 spiro atoms. The quantitative estimate of drug-likeness (QED) is 0.709. The van der Waals surface area contributed by atoms with Crippen LogP contribution in [-0.2, 0) is 19.6 Å². The van der Waals surface area contributed by atoms with Crippen molar-refractivity contribution in [1.82, 2.24) is 9.62 Å². The maximum atomic E-state index is 13.2. The Morgan fingerprint density at radius 2 is 1.72 bits per heavy atom. The van der Waals surface area contributed by atoms with E-state index in [0.29, 0.717) is 30.1 Å². The van der Waals surface area contributed by atoms with Crippen LogP contribution in [0.2, 0.25) is 0 Å². The molecule has 29 heavy (non-hydrogen) atoms. The molecule has 0 aliphatic carbocycles. The van der Waals surface area contributed by atoms with Crippen molar-refractivity contribution in [3.05, 3.63) is 28.8 Å². The molecule has 0 bridgehead atoms. The van der Waals surface area contributed by atoms with Gasteiger partial charge < -0.3 is 10.1 Å². The molecule has 0 saturated carbocycles. The third-order valence-corrected chi connectivity index (χ3v) is 7.32. The molecule has 1 aliphatic heterocycles. The number of sulfonamides is 1. The minimum atomic E-state index is -3.71. The van der Waals surface area contributed by atoms with Crippen LogP contribution in [-0.4, -0.2) is 49.8 Å². The van der Waals surface area contributed by atoms with Crippen LogP contribution < -0.4 is 5.32 Å². The fourth-order valence-corrected chi connectivity index (χ4v) is 5.05. The van der Waals surface area contributed by atoms with Crippen molar-refractivity contribution in [2.45, 2.75) is 71.4 Å². The first-order valence-corrected chi connectivity index (χ1v) is 11.5. The first-order valence-electron chi connectivity index (χ1n) is 10.1. The molecule has 1 saturated heterocycles. The number of nitrogens with one attached hydrogen (secondary N) is 1.